The molecule has 6 heteroatoms. The lowest BCUT2D eigenvalue weighted by molar-refractivity contribution is -0.126. The van der Waals surface area contributed by atoms with Gasteiger partial charge in [-0.25, -0.2) is 0 Å². The van der Waals surface area contributed by atoms with Crippen LogP contribution in [0.25, 0.3) is 0 Å². The first kappa shape index (κ1) is 16.7. The highest BCUT2D eigenvalue weighted by Crippen LogP contribution is 2.39. The van der Waals surface area contributed by atoms with Crippen LogP contribution < -0.4 is 10.6 Å². The van der Waals surface area contributed by atoms with E-state index >= 15 is 0 Å². The highest BCUT2D eigenvalue weighted by atomic mass is 33.1. The minimum Gasteiger partial charge on any atom is -0.352 e. The Balaban J connectivity index is 1.96. The predicted molar refractivity (Wildman–Crippen MR) is 83.2 cm³/mol. The van der Waals surface area contributed by atoms with Gasteiger partial charge in [-0.2, -0.15) is 0 Å². The summed E-state index contributed by atoms with van der Waals surface area (Å²) in [4.78, 5) is 22.9. The molecule has 4 nitrogen and oxygen atoms in total. The summed E-state index contributed by atoms with van der Waals surface area (Å²) in [6.45, 7) is 3.89. The molecule has 19 heavy (non-hydrogen) atoms. The lowest BCUT2D eigenvalue weighted by Crippen LogP contribution is -2.39. The summed E-state index contributed by atoms with van der Waals surface area (Å²) in [5, 5.41) is 6.18. The molecule has 1 unspecified atom stereocenters. The molecule has 1 rings (SSSR count). The number of hydrogen-bond donors (Lipinski definition) is 2. The van der Waals surface area contributed by atoms with E-state index < -0.39 is 0 Å². The van der Waals surface area contributed by atoms with Crippen molar-refractivity contribution in [3.05, 3.63) is 0 Å². The number of carbonyl (C=O) groups excluding carboxylic acids is 2. The van der Waals surface area contributed by atoms with Crippen molar-refractivity contribution in [1.82, 2.24) is 10.6 Å². The zero-order valence-corrected chi connectivity index (χ0v) is 13.4. The van der Waals surface area contributed by atoms with Gasteiger partial charge >= 0.3 is 0 Å². The van der Waals surface area contributed by atoms with Crippen LogP contribution in [0, 0.1) is 0 Å². The third-order valence-corrected chi connectivity index (χ3v) is 5.81. The van der Waals surface area contributed by atoms with Gasteiger partial charge in [0.1, 0.15) is 0 Å². The van der Waals surface area contributed by atoms with Crippen LogP contribution in [0.2, 0.25) is 0 Å². The zero-order chi connectivity index (χ0) is 14.1. The van der Waals surface area contributed by atoms with Gasteiger partial charge in [0.15, 0.2) is 0 Å². The molecule has 1 saturated heterocycles. The lowest BCUT2D eigenvalue weighted by atomic mass is 10.1. The van der Waals surface area contributed by atoms with E-state index in [1.807, 2.05) is 35.4 Å². The molecule has 0 aliphatic carbocycles. The van der Waals surface area contributed by atoms with Crippen molar-refractivity contribution in [2.75, 3.05) is 12.3 Å². The van der Waals surface area contributed by atoms with Crippen LogP contribution in [0.1, 0.15) is 46.0 Å². The Kier molecular flexibility index (Phi) is 8.37. The first-order valence-electron chi connectivity index (χ1n) is 6.92. The van der Waals surface area contributed by atoms with Gasteiger partial charge in [0, 0.05) is 23.5 Å². The number of rotatable bonds is 8. The summed E-state index contributed by atoms with van der Waals surface area (Å²) < 4.78 is 0. The van der Waals surface area contributed by atoms with Gasteiger partial charge in [0.05, 0.1) is 6.54 Å². The van der Waals surface area contributed by atoms with Crippen molar-refractivity contribution in [2.24, 2.45) is 0 Å². The molecule has 1 aliphatic heterocycles. The Morgan fingerprint density at radius 1 is 1.26 bits per heavy atom. The average molecular weight is 304 g/mol. The number of unbranched alkanes of at least 4 members (excludes halogenated alkanes) is 1. The largest absolute Gasteiger partial charge is 0.352 e. The first-order valence-corrected chi connectivity index (χ1v) is 9.30. The molecule has 2 N–H and O–H groups in total. The highest BCUT2D eigenvalue weighted by molar-refractivity contribution is 8.77. The van der Waals surface area contributed by atoms with Crippen LogP contribution in [0.3, 0.4) is 0 Å². The molecule has 0 aromatic heterocycles. The van der Waals surface area contributed by atoms with Crippen molar-refractivity contribution in [1.29, 1.82) is 0 Å². The van der Waals surface area contributed by atoms with Gasteiger partial charge in [-0.05, 0) is 33.1 Å². The molecule has 110 valence electrons. The van der Waals surface area contributed by atoms with E-state index in [2.05, 4.69) is 10.6 Å². The molecule has 1 aliphatic rings. The van der Waals surface area contributed by atoms with Crippen LogP contribution in [0.5, 0.6) is 0 Å². The zero-order valence-electron chi connectivity index (χ0n) is 11.7. The van der Waals surface area contributed by atoms with Gasteiger partial charge in [-0.3, -0.25) is 9.59 Å². The summed E-state index contributed by atoms with van der Waals surface area (Å²) in [6.07, 6.45) is 5.05. The average Bonchev–Trinajstić information content (AvgIpc) is 2.84. The Hall–Kier alpha value is -0.360. The number of hydrogen-bond acceptors (Lipinski definition) is 4. The van der Waals surface area contributed by atoms with Gasteiger partial charge in [-0.1, -0.05) is 28.0 Å². The quantitative estimate of drug-likeness (QED) is 0.534. The maximum Gasteiger partial charge on any atom is 0.239 e. The fourth-order valence-electron chi connectivity index (χ4n) is 1.86. The lowest BCUT2D eigenvalue weighted by Gasteiger charge is -2.09. The minimum absolute atomic E-state index is 0.0210. The smallest absolute Gasteiger partial charge is 0.239 e. The second-order valence-electron chi connectivity index (χ2n) is 5.07. The highest BCUT2D eigenvalue weighted by Gasteiger charge is 2.15. The molecule has 0 bridgehead atoms. The third-order valence-electron chi connectivity index (χ3n) is 2.80. The van der Waals surface area contributed by atoms with Gasteiger partial charge in [0.25, 0.3) is 0 Å². The summed E-state index contributed by atoms with van der Waals surface area (Å²) in [6, 6.07) is 0.117. The number of nitrogens with one attached hydrogen (secondary N) is 2. The second-order valence-corrected chi connectivity index (χ2v) is 7.86. The minimum atomic E-state index is -0.122. The molecule has 0 aromatic carbocycles. The van der Waals surface area contributed by atoms with Crippen molar-refractivity contribution in [3.63, 3.8) is 0 Å². The summed E-state index contributed by atoms with van der Waals surface area (Å²) in [7, 11) is 3.94. The van der Waals surface area contributed by atoms with E-state index in [-0.39, 0.29) is 24.4 Å². The molecule has 1 heterocycles. The SMILES string of the molecule is CC(C)NC(=O)CNC(=O)CCCCC1CCSS1. The van der Waals surface area contributed by atoms with E-state index in [0.29, 0.717) is 6.42 Å². The van der Waals surface area contributed by atoms with Crippen LogP contribution in [-0.4, -0.2) is 35.4 Å². The van der Waals surface area contributed by atoms with E-state index in [0.717, 1.165) is 18.1 Å². The van der Waals surface area contributed by atoms with Crippen LogP contribution in [-0.2, 0) is 9.59 Å². The van der Waals surface area contributed by atoms with E-state index in [9.17, 15) is 9.59 Å². The predicted octanol–water partition coefficient (Wildman–Crippen LogP) is 2.34. The molecular formula is C13H24N2O2S2. The van der Waals surface area contributed by atoms with Gasteiger partial charge in [0.2, 0.25) is 11.8 Å². The Labute approximate surface area is 123 Å². The van der Waals surface area contributed by atoms with Gasteiger partial charge in [-0.15, -0.1) is 0 Å². The van der Waals surface area contributed by atoms with Gasteiger partial charge < -0.3 is 10.6 Å². The summed E-state index contributed by atoms with van der Waals surface area (Å²) >= 11 is 0. The van der Waals surface area contributed by atoms with Crippen molar-refractivity contribution in [2.45, 2.75) is 57.2 Å². The maximum atomic E-state index is 11.5. The molecule has 1 atom stereocenters. The van der Waals surface area contributed by atoms with Crippen molar-refractivity contribution >= 4 is 33.4 Å². The van der Waals surface area contributed by atoms with Crippen LogP contribution >= 0.6 is 21.6 Å². The monoisotopic (exact) mass is 304 g/mol. The normalized spacial score (nSPS) is 18.6. The topological polar surface area (TPSA) is 58.2 Å². The van der Waals surface area contributed by atoms with E-state index in [1.165, 1.54) is 18.6 Å². The van der Waals surface area contributed by atoms with Crippen molar-refractivity contribution < 1.29 is 9.59 Å². The van der Waals surface area contributed by atoms with Crippen molar-refractivity contribution in [3.8, 4) is 0 Å². The Morgan fingerprint density at radius 3 is 2.68 bits per heavy atom. The molecule has 2 amide bonds. The molecule has 0 radical (unpaired) electrons. The number of amides is 2. The molecule has 1 fully saturated rings. The molecule has 0 saturated carbocycles. The van der Waals surface area contributed by atoms with Crippen LogP contribution in [0.4, 0.5) is 0 Å². The van der Waals surface area contributed by atoms with E-state index in [4.69, 9.17) is 0 Å². The Bertz CT molecular complexity index is 292. The summed E-state index contributed by atoms with van der Waals surface area (Å²) in [5.41, 5.74) is 0. The molecule has 0 aromatic rings. The fourth-order valence-corrected chi connectivity index (χ4v) is 4.89. The van der Waals surface area contributed by atoms with E-state index in [1.54, 1.807) is 0 Å². The fraction of sp³-hybridized carbons (Fsp3) is 0.846. The first-order chi connectivity index (χ1) is 9.08. The Morgan fingerprint density at radius 2 is 2.05 bits per heavy atom. The second kappa shape index (κ2) is 9.53. The standard InChI is InChI=1S/C13H24N2O2S2/c1-10(2)15-13(17)9-14-12(16)6-4-3-5-11-7-8-18-19-11/h10-11H,3-9H2,1-2H3,(H,14,16)(H,15,17). The summed E-state index contributed by atoms with van der Waals surface area (Å²) in [5.74, 6) is 1.12. The molecular weight excluding hydrogens is 280 g/mol. The van der Waals surface area contributed by atoms with Crippen LogP contribution in [0.15, 0.2) is 0 Å². The third kappa shape index (κ3) is 8.42. The number of carbonyl (C=O) groups is 2. The molecule has 0 spiro atoms. The maximum absolute atomic E-state index is 11.5.